The van der Waals surface area contributed by atoms with Crippen LogP contribution in [0.25, 0.3) is 21.3 Å². The molecule has 8 rings (SSSR count). The van der Waals surface area contributed by atoms with Gasteiger partial charge in [-0.3, -0.25) is 0 Å². The maximum atomic E-state index is 5.09. The van der Waals surface area contributed by atoms with E-state index in [1.807, 2.05) is 60.7 Å². The van der Waals surface area contributed by atoms with Gasteiger partial charge in [0.1, 0.15) is 0 Å². The van der Waals surface area contributed by atoms with E-state index in [0.29, 0.717) is 12.1 Å². The van der Waals surface area contributed by atoms with Crippen molar-refractivity contribution < 1.29 is 26.2 Å². The molecule has 7 heteroatoms. The third kappa shape index (κ3) is 19.3. The van der Waals surface area contributed by atoms with Crippen LogP contribution in [0.3, 0.4) is 0 Å². The molecule has 0 amide bonds. The van der Waals surface area contributed by atoms with Gasteiger partial charge in [-0.15, -0.1) is 49.4 Å². The van der Waals surface area contributed by atoms with Gasteiger partial charge in [0, 0.05) is 26.2 Å². The van der Waals surface area contributed by atoms with E-state index in [0.717, 1.165) is 24.2 Å². The molecule has 0 N–H and O–H groups in total. The van der Waals surface area contributed by atoms with Crippen LogP contribution in [-0.4, -0.2) is 60.6 Å². The van der Waals surface area contributed by atoms with Gasteiger partial charge in [-0.05, 0) is 51.9 Å². The molecule has 2 unspecified atom stereocenters. The van der Waals surface area contributed by atoms with Gasteiger partial charge in [-0.25, -0.2) is 0 Å². The Morgan fingerprint density at radius 3 is 1.00 bits per heavy atom. The SMILES string of the molecule is [CH2-]c1ccccc1.[CH2-]c1ccccc1.[Zr].c1ccc(C[N-]C([N-]C2CCCCC2)N2CCCC2)cc1.c1ccc(C[N-]C([N-]C2CCCCC2)N2CCCC2)cc1. The van der Waals surface area contributed by atoms with Crippen molar-refractivity contribution in [1.29, 1.82) is 0 Å². The summed E-state index contributed by atoms with van der Waals surface area (Å²) in [5.41, 5.74) is 4.73. The van der Waals surface area contributed by atoms with Crippen molar-refractivity contribution in [2.24, 2.45) is 0 Å². The Labute approximate surface area is 366 Å². The number of hydrogen-bond donors (Lipinski definition) is 0. The van der Waals surface area contributed by atoms with Crippen molar-refractivity contribution in [2.75, 3.05) is 26.2 Å². The van der Waals surface area contributed by atoms with Crippen LogP contribution < -0.4 is 0 Å². The molecule has 4 aromatic rings. The fraction of sp³-hybridized carbons (Fsp3) is 0.480. The van der Waals surface area contributed by atoms with E-state index in [1.165, 1.54) is 127 Å². The van der Waals surface area contributed by atoms with Crippen LogP contribution in [0.15, 0.2) is 121 Å². The molecule has 4 aliphatic rings. The first kappa shape index (κ1) is 46.9. The van der Waals surface area contributed by atoms with Crippen molar-refractivity contribution >= 4 is 0 Å². The summed E-state index contributed by atoms with van der Waals surface area (Å²) in [4.78, 5) is 4.94. The van der Waals surface area contributed by atoms with Crippen LogP contribution in [0, 0.1) is 13.8 Å². The zero-order valence-corrected chi connectivity index (χ0v) is 37.1. The Hall–Kier alpha value is -2.74. The summed E-state index contributed by atoms with van der Waals surface area (Å²) < 4.78 is 0. The normalized spacial score (nSPS) is 18.7. The standard InChI is InChI=1S/2C18H27N3.2C7H7.Zr/c2*1-3-9-16(10-4-1)15-19-18(21-13-7-8-14-21)20-17-11-5-2-6-12-17;2*1-7-5-3-2-4-6-7;/h2*1,3-4,9-10,17-18H,2,5-8,11-15H2;2*2-6H,1H2;/q2*-2;2*-1;. The minimum atomic E-state index is 0. The van der Waals surface area contributed by atoms with E-state index in [1.54, 1.807) is 0 Å². The first-order valence-corrected chi connectivity index (χ1v) is 21.7. The molecule has 308 valence electrons. The van der Waals surface area contributed by atoms with E-state index < -0.39 is 0 Å². The average Bonchev–Trinajstić information content (AvgIpc) is 4.01. The van der Waals surface area contributed by atoms with Gasteiger partial charge >= 0.3 is 0 Å². The second-order valence-corrected chi connectivity index (χ2v) is 15.7. The van der Waals surface area contributed by atoms with Crippen LogP contribution in [0.5, 0.6) is 0 Å². The van der Waals surface area contributed by atoms with Crippen molar-refractivity contribution in [3.63, 3.8) is 0 Å². The zero-order valence-electron chi connectivity index (χ0n) is 34.6. The maximum Gasteiger partial charge on any atom is 0 e. The van der Waals surface area contributed by atoms with Crippen molar-refractivity contribution in [1.82, 2.24) is 9.80 Å². The molecule has 0 radical (unpaired) electrons. The molecule has 2 saturated carbocycles. The Morgan fingerprint density at radius 2 is 0.719 bits per heavy atom. The molecular formula is C50H68N6Zr-6. The van der Waals surface area contributed by atoms with Crippen molar-refractivity contribution in [2.45, 2.75) is 128 Å². The molecular weight excluding hydrogens is 776 g/mol. The quantitative estimate of drug-likeness (QED) is 0.133. The van der Waals surface area contributed by atoms with E-state index in [9.17, 15) is 0 Å². The monoisotopic (exact) mass is 842 g/mol. The molecule has 4 fully saturated rings. The fourth-order valence-corrected chi connectivity index (χ4v) is 7.79. The zero-order chi connectivity index (χ0) is 38.9. The van der Waals surface area contributed by atoms with Gasteiger partial charge in [0.15, 0.2) is 0 Å². The minimum Gasteiger partial charge on any atom is -0.663 e. The predicted molar refractivity (Wildman–Crippen MR) is 238 cm³/mol. The largest absolute Gasteiger partial charge is 0.663 e. The van der Waals surface area contributed by atoms with E-state index in [2.05, 4.69) is 84.3 Å². The molecule has 57 heavy (non-hydrogen) atoms. The second-order valence-electron chi connectivity index (χ2n) is 15.7. The minimum absolute atomic E-state index is 0. The van der Waals surface area contributed by atoms with Gasteiger partial charge < -0.3 is 31.1 Å². The van der Waals surface area contributed by atoms with Crippen LogP contribution in [0.4, 0.5) is 0 Å². The van der Waals surface area contributed by atoms with Crippen LogP contribution >= 0.6 is 0 Å². The predicted octanol–water partition coefficient (Wildman–Crippen LogP) is 13.0. The number of likely N-dealkylation sites (tertiary alicyclic amines) is 2. The maximum absolute atomic E-state index is 5.09. The number of rotatable bonds is 12. The smallest absolute Gasteiger partial charge is 0 e. The summed E-state index contributed by atoms with van der Waals surface area (Å²) in [6.45, 7) is 13.7. The molecule has 2 heterocycles. The summed E-state index contributed by atoms with van der Waals surface area (Å²) in [6.07, 6.45) is 18.6. The van der Waals surface area contributed by atoms with Gasteiger partial charge in [0.25, 0.3) is 0 Å². The Morgan fingerprint density at radius 1 is 0.421 bits per heavy atom. The van der Waals surface area contributed by atoms with Gasteiger partial charge in [0.2, 0.25) is 0 Å². The van der Waals surface area contributed by atoms with Crippen LogP contribution in [-0.2, 0) is 39.3 Å². The number of benzene rings is 4. The van der Waals surface area contributed by atoms with Gasteiger partial charge in [-0.2, -0.15) is 61.8 Å². The number of nitrogens with zero attached hydrogens (tertiary/aromatic N) is 6. The second kappa shape index (κ2) is 28.6. The van der Waals surface area contributed by atoms with Gasteiger partial charge in [0.05, 0.1) is 0 Å². The molecule has 2 atom stereocenters. The third-order valence-corrected chi connectivity index (χ3v) is 11.0. The van der Waals surface area contributed by atoms with Crippen molar-refractivity contribution in [3.05, 3.63) is 179 Å². The fourth-order valence-electron chi connectivity index (χ4n) is 7.79. The molecule has 0 spiro atoms. The molecule has 0 bridgehead atoms. The molecule has 2 aliphatic heterocycles. The number of hydrogen-bond acceptors (Lipinski definition) is 2. The Kier molecular flexibility index (Phi) is 23.6. The first-order valence-electron chi connectivity index (χ1n) is 21.7. The van der Waals surface area contributed by atoms with Crippen molar-refractivity contribution in [3.8, 4) is 0 Å². The summed E-state index contributed by atoms with van der Waals surface area (Å²) >= 11 is 0. The first-order chi connectivity index (χ1) is 27.6. The third-order valence-electron chi connectivity index (χ3n) is 11.0. The Balaban J connectivity index is 0.000000187. The van der Waals surface area contributed by atoms with Gasteiger partial charge in [-0.1, -0.05) is 148 Å². The molecule has 0 aromatic heterocycles. The summed E-state index contributed by atoms with van der Waals surface area (Å²) in [6, 6.07) is 42.0. The topological polar surface area (TPSA) is 62.9 Å². The molecule has 2 saturated heterocycles. The summed E-state index contributed by atoms with van der Waals surface area (Å²) in [5.74, 6) is 0. The van der Waals surface area contributed by atoms with Crippen LogP contribution in [0.2, 0.25) is 0 Å². The molecule has 4 aromatic carbocycles. The summed E-state index contributed by atoms with van der Waals surface area (Å²) in [7, 11) is 0. The van der Waals surface area contributed by atoms with E-state index >= 15 is 0 Å². The molecule has 6 nitrogen and oxygen atoms in total. The molecule has 2 aliphatic carbocycles. The van der Waals surface area contributed by atoms with E-state index in [-0.39, 0.29) is 38.8 Å². The Bertz CT molecular complexity index is 1390. The van der Waals surface area contributed by atoms with E-state index in [4.69, 9.17) is 21.3 Å². The summed E-state index contributed by atoms with van der Waals surface area (Å²) in [5, 5.41) is 20.0. The van der Waals surface area contributed by atoms with Crippen LogP contribution in [0.1, 0.15) is 112 Å². The average molecular weight is 844 g/mol.